The van der Waals surface area contributed by atoms with E-state index in [1.807, 2.05) is 0 Å². The van der Waals surface area contributed by atoms with Crippen molar-refractivity contribution in [2.75, 3.05) is 6.61 Å². The van der Waals surface area contributed by atoms with Crippen LogP contribution in [0, 0.1) is 5.82 Å². The van der Waals surface area contributed by atoms with Gasteiger partial charge < -0.3 is 9.47 Å². The topological polar surface area (TPSA) is 52.6 Å². The Balaban J connectivity index is 2.20. The van der Waals surface area contributed by atoms with Crippen LogP contribution < -0.4 is 0 Å². The molecule has 0 atom stereocenters. The second-order valence-corrected chi connectivity index (χ2v) is 5.55. The lowest BCUT2D eigenvalue weighted by atomic mass is 10.2. The average Bonchev–Trinajstić information content (AvgIpc) is 2.52. The Morgan fingerprint density at radius 2 is 1.78 bits per heavy atom. The molecule has 0 fully saturated rings. The number of benzene rings is 1. The molecule has 0 aromatic heterocycles. The zero-order valence-electron chi connectivity index (χ0n) is 13.3. The molecule has 0 saturated carbocycles. The monoisotopic (exact) mass is 344 g/mol. The third-order valence-corrected chi connectivity index (χ3v) is 3.59. The zero-order valence-corrected chi connectivity index (χ0v) is 14.0. The predicted octanol–water partition coefficient (Wildman–Crippen LogP) is 4.43. The average molecular weight is 345 g/mol. The van der Waals surface area contributed by atoms with Gasteiger partial charge >= 0.3 is 11.9 Å². The summed E-state index contributed by atoms with van der Waals surface area (Å²) < 4.78 is 23.4. The lowest BCUT2D eigenvalue weighted by Gasteiger charge is -2.08. The lowest BCUT2D eigenvalue weighted by Crippen LogP contribution is -2.11. The second kappa shape index (κ2) is 11.0. The molecular formula is C17H22ClFO4. The van der Waals surface area contributed by atoms with Gasteiger partial charge in [-0.25, -0.2) is 4.39 Å². The number of ether oxygens (including phenoxy) is 2. The maximum atomic E-state index is 13.5. The molecule has 128 valence electrons. The first kappa shape index (κ1) is 19.4. The summed E-state index contributed by atoms with van der Waals surface area (Å²) in [5, 5.41) is 0.198. The van der Waals surface area contributed by atoms with E-state index in [-0.39, 0.29) is 30.0 Å². The molecule has 1 aromatic rings. The maximum Gasteiger partial charge on any atom is 0.306 e. The van der Waals surface area contributed by atoms with Crippen LogP contribution >= 0.6 is 11.6 Å². The van der Waals surface area contributed by atoms with Gasteiger partial charge in [0, 0.05) is 5.56 Å². The molecule has 0 heterocycles. The third kappa shape index (κ3) is 7.98. The fourth-order valence-corrected chi connectivity index (χ4v) is 2.10. The highest BCUT2D eigenvalue weighted by Crippen LogP contribution is 2.19. The van der Waals surface area contributed by atoms with E-state index >= 15 is 0 Å². The van der Waals surface area contributed by atoms with Gasteiger partial charge in [0.05, 0.1) is 24.5 Å². The number of rotatable bonds is 10. The van der Waals surface area contributed by atoms with Crippen molar-refractivity contribution in [1.82, 2.24) is 0 Å². The van der Waals surface area contributed by atoms with Crippen molar-refractivity contribution >= 4 is 23.5 Å². The molecule has 0 aliphatic rings. The Labute approximate surface area is 140 Å². The largest absolute Gasteiger partial charge is 0.466 e. The highest BCUT2D eigenvalue weighted by atomic mass is 35.5. The summed E-state index contributed by atoms with van der Waals surface area (Å²) in [4.78, 5) is 23.0. The van der Waals surface area contributed by atoms with Crippen LogP contribution in [0.5, 0.6) is 0 Å². The number of esters is 2. The normalized spacial score (nSPS) is 10.4. The van der Waals surface area contributed by atoms with Crippen LogP contribution in [0.1, 0.15) is 51.0 Å². The minimum atomic E-state index is -0.591. The van der Waals surface area contributed by atoms with Crippen LogP contribution in [0.3, 0.4) is 0 Å². The number of carbonyl (C=O) groups is 2. The van der Waals surface area contributed by atoms with Crippen molar-refractivity contribution < 1.29 is 23.5 Å². The molecule has 0 amide bonds. The van der Waals surface area contributed by atoms with Crippen LogP contribution in [0.4, 0.5) is 4.39 Å². The molecule has 0 spiro atoms. The first-order valence-corrected chi connectivity index (χ1v) is 8.16. The molecule has 4 nitrogen and oxygen atoms in total. The van der Waals surface area contributed by atoms with Crippen LogP contribution in [0.25, 0.3) is 0 Å². The minimum Gasteiger partial charge on any atom is -0.466 e. The van der Waals surface area contributed by atoms with Crippen molar-refractivity contribution in [3.63, 3.8) is 0 Å². The van der Waals surface area contributed by atoms with E-state index in [4.69, 9.17) is 21.1 Å². The zero-order chi connectivity index (χ0) is 17.1. The molecule has 6 heteroatoms. The molecule has 0 radical (unpaired) electrons. The van der Waals surface area contributed by atoms with Crippen molar-refractivity contribution in [3.05, 3.63) is 34.6 Å². The highest BCUT2D eigenvalue weighted by Gasteiger charge is 2.12. The molecule has 0 aliphatic carbocycles. The molecule has 23 heavy (non-hydrogen) atoms. The molecule has 1 aromatic carbocycles. The Morgan fingerprint density at radius 3 is 2.43 bits per heavy atom. The predicted molar refractivity (Wildman–Crippen MR) is 85.5 cm³/mol. The van der Waals surface area contributed by atoms with Gasteiger partial charge in [-0.15, -0.1) is 0 Å². The van der Waals surface area contributed by atoms with Crippen LogP contribution in [-0.4, -0.2) is 18.5 Å². The molecule has 0 unspecified atom stereocenters. The molecule has 0 bridgehead atoms. The van der Waals surface area contributed by atoms with E-state index in [0.29, 0.717) is 6.61 Å². The third-order valence-electron chi connectivity index (χ3n) is 3.23. The van der Waals surface area contributed by atoms with E-state index in [9.17, 15) is 14.0 Å². The van der Waals surface area contributed by atoms with Crippen molar-refractivity contribution in [3.8, 4) is 0 Å². The van der Waals surface area contributed by atoms with Gasteiger partial charge in [-0.2, -0.15) is 0 Å². The Bertz CT molecular complexity index is 499. The number of unbranched alkanes of at least 4 members (excludes halogenated alkanes) is 3. The van der Waals surface area contributed by atoms with E-state index < -0.39 is 17.8 Å². The summed E-state index contributed by atoms with van der Waals surface area (Å²) in [6, 6.07) is 4.23. The van der Waals surface area contributed by atoms with Crippen LogP contribution in [0.15, 0.2) is 18.2 Å². The number of carbonyl (C=O) groups excluding carboxylic acids is 2. The van der Waals surface area contributed by atoms with Gasteiger partial charge in [0.2, 0.25) is 0 Å². The van der Waals surface area contributed by atoms with Gasteiger partial charge in [0.25, 0.3) is 0 Å². The molecule has 0 N–H and O–H groups in total. The van der Waals surface area contributed by atoms with E-state index in [2.05, 4.69) is 6.92 Å². The summed E-state index contributed by atoms with van der Waals surface area (Å²) >= 11 is 5.83. The van der Waals surface area contributed by atoms with E-state index in [1.54, 1.807) is 0 Å². The smallest absolute Gasteiger partial charge is 0.306 e. The maximum absolute atomic E-state index is 13.5. The summed E-state index contributed by atoms with van der Waals surface area (Å²) in [5.41, 5.74) is 0.126. The standard InChI is InChI=1S/C17H22ClFO4/c1-2-3-4-5-11-22-16(20)9-10-17(21)23-12-13-14(18)7-6-8-15(13)19/h6-8H,2-5,9-12H2,1H3. The van der Waals surface area contributed by atoms with Gasteiger partial charge in [-0.1, -0.05) is 43.9 Å². The SMILES string of the molecule is CCCCCCOC(=O)CCC(=O)OCc1c(F)cccc1Cl. The first-order chi connectivity index (χ1) is 11.0. The molecule has 0 saturated heterocycles. The number of halogens is 2. The Hall–Kier alpha value is -1.62. The van der Waals surface area contributed by atoms with Gasteiger partial charge in [0.15, 0.2) is 0 Å². The fraction of sp³-hybridized carbons (Fsp3) is 0.529. The number of hydrogen-bond donors (Lipinski definition) is 0. The molecule has 0 aliphatic heterocycles. The summed E-state index contributed by atoms with van der Waals surface area (Å²) in [7, 11) is 0. The molecule has 1 rings (SSSR count). The highest BCUT2D eigenvalue weighted by molar-refractivity contribution is 6.31. The van der Waals surface area contributed by atoms with Crippen LogP contribution in [0.2, 0.25) is 5.02 Å². The Morgan fingerprint density at radius 1 is 1.09 bits per heavy atom. The van der Waals surface area contributed by atoms with Crippen molar-refractivity contribution in [1.29, 1.82) is 0 Å². The molecular weight excluding hydrogens is 323 g/mol. The number of hydrogen-bond acceptors (Lipinski definition) is 4. The van der Waals surface area contributed by atoms with Crippen molar-refractivity contribution in [2.45, 2.75) is 52.1 Å². The van der Waals surface area contributed by atoms with Crippen molar-refractivity contribution in [2.24, 2.45) is 0 Å². The second-order valence-electron chi connectivity index (χ2n) is 5.14. The lowest BCUT2D eigenvalue weighted by molar-refractivity contribution is -0.151. The van der Waals surface area contributed by atoms with E-state index in [1.165, 1.54) is 18.2 Å². The van der Waals surface area contributed by atoms with Gasteiger partial charge in [0.1, 0.15) is 12.4 Å². The summed E-state index contributed by atoms with van der Waals surface area (Å²) in [6.07, 6.45) is 3.94. The van der Waals surface area contributed by atoms with E-state index in [0.717, 1.165) is 25.7 Å². The first-order valence-electron chi connectivity index (χ1n) is 7.78. The fourth-order valence-electron chi connectivity index (χ4n) is 1.89. The Kier molecular flexibility index (Phi) is 9.29. The van der Waals surface area contributed by atoms with Gasteiger partial charge in [-0.3, -0.25) is 9.59 Å². The quantitative estimate of drug-likeness (QED) is 0.465. The van der Waals surface area contributed by atoms with Gasteiger partial charge in [-0.05, 0) is 18.6 Å². The summed E-state index contributed by atoms with van der Waals surface area (Å²) in [6.45, 7) is 2.22. The van der Waals surface area contributed by atoms with Crippen LogP contribution in [-0.2, 0) is 25.7 Å². The minimum absolute atomic E-state index is 0.0440. The summed E-state index contributed by atoms with van der Waals surface area (Å²) in [5.74, 6) is -1.55.